The van der Waals surface area contributed by atoms with Gasteiger partial charge in [-0.1, -0.05) is 0 Å². The lowest BCUT2D eigenvalue weighted by molar-refractivity contribution is -0.114. The summed E-state index contributed by atoms with van der Waals surface area (Å²) < 4.78 is 25.4. The molecule has 26 heavy (non-hydrogen) atoms. The molecule has 1 aromatic carbocycles. The molecule has 146 valence electrons. The van der Waals surface area contributed by atoms with Gasteiger partial charge in [-0.2, -0.15) is 0 Å². The zero-order valence-electron chi connectivity index (χ0n) is 14.7. The minimum atomic E-state index is -3.54. The molecule has 1 aromatic rings. The molecule has 2 amide bonds. The minimum absolute atomic E-state index is 0. The van der Waals surface area contributed by atoms with Crippen molar-refractivity contribution in [2.75, 3.05) is 16.3 Å². The van der Waals surface area contributed by atoms with Crippen molar-refractivity contribution in [3.05, 3.63) is 23.8 Å². The van der Waals surface area contributed by atoms with Crippen LogP contribution in [-0.2, 0) is 14.8 Å². The van der Waals surface area contributed by atoms with E-state index in [9.17, 15) is 18.0 Å². The topological polar surface area (TPSA) is 130 Å². The molecule has 0 bridgehead atoms. The number of sulfonamides is 1. The van der Waals surface area contributed by atoms with E-state index in [0.717, 1.165) is 31.9 Å². The summed E-state index contributed by atoms with van der Waals surface area (Å²) in [7, 11) is -3.54. The Balaban J connectivity index is 0.00000338. The van der Waals surface area contributed by atoms with E-state index in [1.165, 1.54) is 25.1 Å². The van der Waals surface area contributed by atoms with E-state index < -0.39 is 10.0 Å². The monoisotopic (exact) mass is 404 g/mol. The lowest BCUT2D eigenvalue weighted by Crippen LogP contribution is -2.40. The van der Waals surface area contributed by atoms with Crippen LogP contribution < -0.4 is 21.1 Å². The zero-order valence-corrected chi connectivity index (χ0v) is 16.4. The Morgan fingerprint density at radius 2 is 1.77 bits per heavy atom. The van der Waals surface area contributed by atoms with Crippen molar-refractivity contribution >= 4 is 45.6 Å². The molecule has 8 nitrogen and oxygen atoms in total. The Labute approximate surface area is 159 Å². The summed E-state index contributed by atoms with van der Waals surface area (Å²) in [4.78, 5) is 23.9. The van der Waals surface area contributed by atoms with Crippen LogP contribution in [0.1, 0.15) is 43.0 Å². The smallest absolute Gasteiger partial charge is 0.253 e. The fourth-order valence-electron chi connectivity index (χ4n) is 2.83. The van der Waals surface area contributed by atoms with E-state index in [-0.39, 0.29) is 47.6 Å². The second-order valence-electron chi connectivity index (χ2n) is 6.40. The fraction of sp³-hybridized carbons (Fsp3) is 0.500. The Kier molecular flexibility index (Phi) is 7.86. The summed E-state index contributed by atoms with van der Waals surface area (Å²) >= 11 is 0. The summed E-state index contributed by atoms with van der Waals surface area (Å²) in [6, 6.07) is 4.61. The van der Waals surface area contributed by atoms with Gasteiger partial charge in [0.25, 0.3) is 5.91 Å². The van der Waals surface area contributed by atoms with Crippen molar-refractivity contribution in [3.8, 4) is 0 Å². The highest BCUT2D eigenvalue weighted by Crippen LogP contribution is 2.23. The maximum atomic E-state index is 12.6. The molecule has 10 heteroatoms. The summed E-state index contributed by atoms with van der Waals surface area (Å²) in [5.41, 5.74) is 6.61. The van der Waals surface area contributed by atoms with Crippen LogP contribution in [-0.4, -0.2) is 38.6 Å². The van der Waals surface area contributed by atoms with Gasteiger partial charge >= 0.3 is 0 Å². The van der Waals surface area contributed by atoms with Crippen molar-refractivity contribution < 1.29 is 18.0 Å². The summed E-state index contributed by atoms with van der Waals surface area (Å²) in [6.07, 6.45) is 4.26. The lowest BCUT2D eigenvalue weighted by atomic mass is 9.91. The van der Waals surface area contributed by atoms with Crippen molar-refractivity contribution in [1.82, 2.24) is 5.32 Å². The van der Waals surface area contributed by atoms with Gasteiger partial charge in [0.05, 0.1) is 17.5 Å². The van der Waals surface area contributed by atoms with Crippen LogP contribution in [0.4, 0.5) is 11.4 Å². The Morgan fingerprint density at radius 3 is 2.31 bits per heavy atom. The van der Waals surface area contributed by atoms with Crippen LogP contribution in [0.15, 0.2) is 18.2 Å². The number of halogens is 1. The first-order valence-corrected chi connectivity index (χ1v) is 9.99. The number of rotatable bonds is 5. The van der Waals surface area contributed by atoms with Crippen LogP contribution in [0, 0.1) is 0 Å². The second kappa shape index (κ2) is 9.20. The van der Waals surface area contributed by atoms with E-state index in [4.69, 9.17) is 5.73 Å². The third-order valence-corrected chi connectivity index (χ3v) is 4.58. The molecule has 0 heterocycles. The largest absolute Gasteiger partial charge is 0.349 e. The summed E-state index contributed by atoms with van der Waals surface area (Å²) in [6.45, 7) is 1.35. The molecule has 0 unspecified atom stereocenters. The van der Waals surface area contributed by atoms with Gasteiger partial charge in [0, 0.05) is 24.7 Å². The normalized spacial score (nSPS) is 19.8. The zero-order chi connectivity index (χ0) is 18.6. The highest BCUT2D eigenvalue weighted by Gasteiger charge is 2.22. The molecule has 0 atom stereocenters. The predicted octanol–water partition coefficient (Wildman–Crippen LogP) is 1.44. The second-order valence-corrected chi connectivity index (χ2v) is 8.15. The van der Waals surface area contributed by atoms with E-state index in [0.29, 0.717) is 5.69 Å². The van der Waals surface area contributed by atoms with Gasteiger partial charge in [-0.3, -0.25) is 14.3 Å². The number of nitrogens with two attached hydrogens (primary N) is 1. The predicted molar refractivity (Wildman–Crippen MR) is 104 cm³/mol. The van der Waals surface area contributed by atoms with Crippen molar-refractivity contribution in [1.29, 1.82) is 0 Å². The van der Waals surface area contributed by atoms with Crippen molar-refractivity contribution in [2.45, 2.75) is 44.7 Å². The first kappa shape index (κ1) is 22.2. The van der Waals surface area contributed by atoms with Crippen LogP contribution in [0.25, 0.3) is 0 Å². The number of nitrogens with one attached hydrogen (secondary N) is 3. The maximum Gasteiger partial charge on any atom is 0.253 e. The molecule has 5 N–H and O–H groups in total. The highest BCUT2D eigenvalue weighted by atomic mass is 35.5. The van der Waals surface area contributed by atoms with Crippen LogP contribution in [0.5, 0.6) is 0 Å². The Hall–Kier alpha value is -1.84. The van der Waals surface area contributed by atoms with Crippen LogP contribution in [0.2, 0.25) is 0 Å². The molecule has 2 rings (SSSR count). The molecule has 1 saturated carbocycles. The van der Waals surface area contributed by atoms with E-state index in [1.807, 2.05) is 0 Å². The van der Waals surface area contributed by atoms with E-state index in [2.05, 4.69) is 15.4 Å². The number of anilines is 2. The van der Waals surface area contributed by atoms with Gasteiger partial charge < -0.3 is 16.4 Å². The van der Waals surface area contributed by atoms with E-state index in [1.54, 1.807) is 0 Å². The standard InChI is InChI=1S/C16H24N4O4S.ClH/c1-10(21)18-13-7-8-15(20-25(2,23)24)14(9-13)16(22)19-12-5-3-11(17)4-6-12;/h7-9,11-12,20H,3-6,17H2,1-2H3,(H,18,21)(H,19,22);1H. The van der Waals surface area contributed by atoms with Crippen LogP contribution in [0.3, 0.4) is 0 Å². The molecule has 0 radical (unpaired) electrons. The van der Waals surface area contributed by atoms with Gasteiger partial charge in [-0.05, 0) is 43.9 Å². The summed E-state index contributed by atoms with van der Waals surface area (Å²) in [5, 5.41) is 5.51. The van der Waals surface area contributed by atoms with Gasteiger partial charge in [0.2, 0.25) is 15.9 Å². The molecule has 1 aliphatic carbocycles. The van der Waals surface area contributed by atoms with Crippen molar-refractivity contribution in [2.24, 2.45) is 5.73 Å². The quantitative estimate of drug-likeness (QED) is 0.589. The van der Waals surface area contributed by atoms with Gasteiger partial charge in [-0.15, -0.1) is 12.4 Å². The summed E-state index contributed by atoms with van der Waals surface area (Å²) in [5.74, 6) is -0.671. The Bertz CT molecular complexity index is 762. The van der Waals surface area contributed by atoms with Gasteiger partial charge in [0.15, 0.2) is 0 Å². The number of benzene rings is 1. The highest BCUT2D eigenvalue weighted by molar-refractivity contribution is 7.92. The molecule has 0 aliphatic heterocycles. The molecule has 1 fully saturated rings. The lowest BCUT2D eigenvalue weighted by Gasteiger charge is -2.27. The van der Waals surface area contributed by atoms with Crippen molar-refractivity contribution in [3.63, 3.8) is 0 Å². The number of amides is 2. The SMILES string of the molecule is CC(=O)Nc1ccc(NS(C)(=O)=O)c(C(=O)NC2CCC(N)CC2)c1.Cl. The third-order valence-electron chi connectivity index (χ3n) is 3.99. The molecule has 0 spiro atoms. The first-order valence-electron chi connectivity index (χ1n) is 8.10. The minimum Gasteiger partial charge on any atom is -0.349 e. The van der Waals surface area contributed by atoms with Gasteiger partial charge in [0.1, 0.15) is 0 Å². The number of hydrogen-bond donors (Lipinski definition) is 4. The first-order chi connectivity index (χ1) is 11.6. The average Bonchev–Trinajstić information content (AvgIpc) is 2.49. The van der Waals surface area contributed by atoms with Gasteiger partial charge in [-0.25, -0.2) is 8.42 Å². The number of carbonyl (C=O) groups excluding carboxylic acids is 2. The molecular formula is C16H25ClN4O4S. The van der Waals surface area contributed by atoms with Crippen LogP contribution >= 0.6 is 12.4 Å². The number of hydrogen-bond acceptors (Lipinski definition) is 5. The third kappa shape index (κ3) is 6.81. The number of carbonyl (C=O) groups is 2. The molecule has 0 aromatic heterocycles. The van der Waals surface area contributed by atoms with E-state index >= 15 is 0 Å². The molecule has 1 aliphatic rings. The Morgan fingerprint density at radius 1 is 1.15 bits per heavy atom. The molecule has 0 saturated heterocycles. The molecular weight excluding hydrogens is 380 g/mol. The maximum absolute atomic E-state index is 12.6. The average molecular weight is 405 g/mol. The fourth-order valence-corrected chi connectivity index (χ4v) is 3.41.